The molecule has 0 heterocycles. The molecule has 0 atom stereocenters. The molecule has 0 rings (SSSR count). The summed E-state index contributed by atoms with van der Waals surface area (Å²) in [4.78, 5) is 0. The maximum atomic E-state index is 4.96. The van der Waals surface area contributed by atoms with Crippen LogP contribution < -0.4 is 0 Å². The second kappa shape index (κ2) is 252. The van der Waals surface area contributed by atoms with Gasteiger partial charge in [0.05, 0.1) is 0 Å². The molecule has 11 heteroatoms. The summed E-state index contributed by atoms with van der Waals surface area (Å²) in [7, 11) is 9.92. The Morgan fingerprint density at radius 3 is 0.455 bits per heavy atom. The summed E-state index contributed by atoms with van der Waals surface area (Å²) in [6.07, 6.45) is 0. The van der Waals surface area contributed by atoms with E-state index in [9.17, 15) is 0 Å². The van der Waals surface area contributed by atoms with E-state index in [0.717, 1.165) is 0 Å². The third-order valence-electron chi connectivity index (χ3n) is 0. The van der Waals surface area contributed by atoms with Crippen molar-refractivity contribution in [3.63, 3.8) is 0 Å². The van der Waals surface area contributed by atoms with E-state index in [1.807, 2.05) is 0 Å². The van der Waals surface area contributed by atoms with Crippen molar-refractivity contribution < 1.29 is 64.3 Å². The Bertz CT molecular complexity index is 12.1. The van der Waals surface area contributed by atoms with Gasteiger partial charge in [-0.1, -0.05) is 0 Å². The van der Waals surface area contributed by atoms with E-state index < -0.39 is 20.5 Å². The van der Waals surface area contributed by atoms with Crippen molar-refractivity contribution in [1.82, 2.24) is 0 Å². The van der Waals surface area contributed by atoms with Gasteiger partial charge < -0.3 is 43.8 Å². The average molecular weight is 394 g/mol. The van der Waals surface area contributed by atoms with Gasteiger partial charge in [-0.05, 0) is 0 Å². The summed E-state index contributed by atoms with van der Waals surface area (Å²) < 4.78 is 0. The van der Waals surface area contributed by atoms with E-state index in [1.165, 1.54) is 0 Å². The van der Waals surface area contributed by atoms with Gasteiger partial charge in [-0.15, -0.1) is 0 Å². The van der Waals surface area contributed by atoms with E-state index in [-0.39, 0.29) is 43.8 Å². The maximum absolute atomic E-state index is 4.96. The Hall–Kier alpha value is 1.13. The van der Waals surface area contributed by atoms with E-state index in [4.69, 9.17) is 17.2 Å². The summed E-state index contributed by atoms with van der Waals surface area (Å²) in [5.74, 6) is 0. The van der Waals surface area contributed by atoms with Crippen LogP contribution in [0.3, 0.4) is 0 Å². The summed E-state index contributed by atoms with van der Waals surface area (Å²) >= 11 is -0.972. The standard InChI is InChI=1S/2ClH.Hf.8H2O/h2*1H;;8*1H2/q;;+2;;;;;;;;/p-2. The van der Waals surface area contributed by atoms with Crippen LogP contribution in [0.4, 0.5) is 0 Å². The Morgan fingerprint density at radius 2 is 0.455 bits per heavy atom. The normalized spacial score (nSPS) is 1.27. The Kier molecular flexibility index (Phi) is 3510. The third-order valence-corrected chi connectivity index (χ3v) is 0. The van der Waals surface area contributed by atoms with Crippen molar-refractivity contribution in [2.75, 3.05) is 0 Å². The molecule has 0 aromatic heterocycles. The van der Waals surface area contributed by atoms with Gasteiger partial charge >= 0.3 is 37.7 Å². The zero-order valence-electron chi connectivity index (χ0n) is 5.26. The molecule has 0 aliphatic carbocycles. The van der Waals surface area contributed by atoms with Crippen molar-refractivity contribution in [2.24, 2.45) is 0 Å². The molecule has 0 spiro atoms. The Morgan fingerprint density at radius 1 is 0.455 bits per heavy atom. The van der Waals surface area contributed by atoms with Crippen molar-refractivity contribution in [3.8, 4) is 0 Å². The van der Waals surface area contributed by atoms with E-state index in [1.54, 1.807) is 0 Å². The Balaban J connectivity index is -0.000000000714. The predicted octanol–water partition coefficient (Wildman–Crippen LogP) is -5.22. The molecule has 0 aliphatic heterocycles. The van der Waals surface area contributed by atoms with Crippen molar-refractivity contribution in [3.05, 3.63) is 0 Å². The van der Waals surface area contributed by atoms with Gasteiger partial charge in [-0.2, -0.15) is 0 Å². The molecule has 0 saturated carbocycles. The van der Waals surface area contributed by atoms with Gasteiger partial charge in [-0.25, -0.2) is 0 Å². The molecule has 0 fully saturated rings. The van der Waals surface area contributed by atoms with E-state index in [2.05, 4.69) is 0 Å². The molecule has 8 nitrogen and oxygen atoms in total. The number of rotatable bonds is 0. The minimum atomic E-state index is -0.972. The molecule has 0 bridgehead atoms. The molecular weight excluding hydrogens is 377 g/mol. The van der Waals surface area contributed by atoms with Crippen molar-refractivity contribution >= 4 is 17.2 Å². The van der Waals surface area contributed by atoms with Crippen LogP contribution in [0.5, 0.6) is 0 Å². The quantitative estimate of drug-likeness (QED) is 0.349. The molecule has 16 N–H and O–H groups in total. The molecular formula is H16Cl2HfO8. The van der Waals surface area contributed by atoms with Crippen LogP contribution in [0.2, 0.25) is 0 Å². The van der Waals surface area contributed by atoms with Crippen LogP contribution in [-0.4, -0.2) is 43.8 Å². The van der Waals surface area contributed by atoms with Crippen LogP contribution in [0.25, 0.3) is 0 Å². The summed E-state index contributed by atoms with van der Waals surface area (Å²) in [6.45, 7) is 0. The topological polar surface area (TPSA) is 252 Å². The first kappa shape index (κ1) is 153. The van der Waals surface area contributed by atoms with Gasteiger partial charge in [0.1, 0.15) is 0 Å². The van der Waals surface area contributed by atoms with E-state index >= 15 is 0 Å². The van der Waals surface area contributed by atoms with Crippen LogP contribution >= 0.6 is 17.2 Å². The van der Waals surface area contributed by atoms with Gasteiger partial charge in [0.15, 0.2) is 0 Å². The fraction of sp³-hybridized carbons (Fsp3) is 0. The molecule has 82 valence electrons. The molecule has 0 radical (unpaired) electrons. The molecule has 0 unspecified atom stereocenters. The second-order valence-electron chi connectivity index (χ2n) is 0.0714. The molecule has 0 aromatic carbocycles. The minimum absolute atomic E-state index is 0. The number of hydrogen-bond acceptors (Lipinski definition) is 0. The predicted molar refractivity (Wildman–Crippen MR) is 40.6 cm³/mol. The van der Waals surface area contributed by atoms with Gasteiger partial charge in [0.25, 0.3) is 0 Å². The van der Waals surface area contributed by atoms with Gasteiger partial charge in [-0.3, -0.25) is 0 Å². The SMILES string of the molecule is O.O.O.O.O.O.O.O.[Cl][Hf][Cl]. The van der Waals surface area contributed by atoms with Crippen molar-refractivity contribution in [2.45, 2.75) is 0 Å². The summed E-state index contributed by atoms with van der Waals surface area (Å²) in [5, 5.41) is 0. The molecule has 0 saturated heterocycles. The molecule has 0 amide bonds. The first-order valence-corrected chi connectivity index (χ1v) is 9.28. The molecule has 0 aromatic rings. The number of halogens is 2. The molecule has 11 heavy (non-hydrogen) atoms. The van der Waals surface area contributed by atoms with Crippen LogP contribution in [-0.2, 0) is 20.5 Å². The van der Waals surface area contributed by atoms with Crippen LogP contribution in [0.1, 0.15) is 0 Å². The summed E-state index contributed by atoms with van der Waals surface area (Å²) in [6, 6.07) is 0. The van der Waals surface area contributed by atoms with Gasteiger partial charge in [0, 0.05) is 0 Å². The first-order chi connectivity index (χ1) is 1.41. The first-order valence-electron chi connectivity index (χ1n) is 0.378. The summed E-state index contributed by atoms with van der Waals surface area (Å²) in [5.41, 5.74) is 0. The second-order valence-corrected chi connectivity index (χ2v) is 5.26. The van der Waals surface area contributed by atoms with E-state index in [0.29, 0.717) is 0 Å². The zero-order chi connectivity index (χ0) is 2.71. The fourth-order valence-corrected chi connectivity index (χ4v) is 0. The number of hydrogen-bond donors (Lipinski definition) is 0. The third kappa shape index (κ3) is 726. The zero-order valence-corrected chi connectivity index (χ0v) is 10.4. The molecule has 0 aliphatic rings. The Labute approximate surface area is 81.5 Å². The van der Waals surface area contributed by atoms with Crippen LogP contribution in [0.15, 0.2) is 0 Å². The van der Waals surface area contributed by atoms with Crippen molar-refractivity contribution in [1.29, 1.82) is 0 Å². The van der Waals surface area contributed by atoms with Crippen LogP contribution in [0, 0.1) is 0 Å². The average Bonchev–Trinajstić information content (AvgIpc) is 0.918. The monoisotopic (exact) mass is 394 g/mol. The fourth-order valence-electron chi connectivity index (χ4n) is 0. The van der Waals surface area contributed by atoms with Gasteiger partial charge in [0.2, 0.25) is 0 Å².